The normalized spacial score (nSPS) is 10.5. The minimum absolute atomic E-state index is 0.125. The topological polar surface area (TPSA) is 83.2 Å². The number of hydrogen-bond acceptors (Lipinski definition) is 7. The van der Waals surface area contributed by atoms with E-state index in [2.05, 4.69) is 20.4 Å². The fourth-order valence-electron chi connectivity index (χ4n) is 1.08. The maximum Gasteiger partial charge on any atom is 0.255 e. The summed E-state index contributed by atoms with van der Waals surface area (Å²) in [7, 11) is 4.93. The molecule has 1 aromatic heterocycles. The number of aromatic nitrogens is 3. The number of rotatable bonds is 5. The van der Waals surface area contributed by atoms with E-state index in [-0.39, 0.29) is 11.9 Å². The molecule has 0 atom stereocenters. The molecule has 1 heterocycles. The fraction of sp³-hybridized carbons (Fsp3) is 0.625. The summed E-state index contributed by atoms with van der Waals surface area (Å²) in [6.45, 7) is -0.457. The minimum Gasteiger partial charge on any atom is -0.347 e. The first kappa shape index (κ1) is 13.3. The summed E-state index contributed by atoms with van der Waals surface area (Å²) in [5.74, 6) is 5.80. The van der Waals surface area contributed by atoms with E-state index in [4.69, 9.17) is 5.84 Å². The third-order valence-electron chi connectivity index (χ3n) is 1.89. The summed E-state index contributed by atoms with van der Waals surface area (Å²) < 4.78 is 24.5. The Balaban J connectivity index is 3.01. The number of hydrogen-bond donors (Lipinski definition) is 2. The number of nitrogens with two attached hydrogens (primary N) is 1. The van der Waals surface area contributed by atoms with Crippen LogP contribution in [0, 0.1) is 0 Å². The van der Waals surface area contributed by atoms with Crippen LogP contribution >= 0.6 is 0 Å². The molecular formula is C8H15F2N7. The second kappa shape index (κ2) is 5.53. The molecule has 0 bridgehead atoms. The van der Waals surface area contributed by atoms with Crippen LogP contribution in [-0.2, 0) is 0 Å². The lowest BCUT2D eigenvalue weighted by Crippen LogP contribution is -2.28. The lowest BCUT2D eigenvalue weighted by molar-refractivity contribution is 0.156. The molecule has 0 aliphatic carbocycles. The molecule has 0 fully saturated rings. The lowest BCUT2D eigenvalue weighted by Gasteiger charge is -2.19. The first-order valence-corrected chi connectivity index (χ1v) is 4.83. The van der Waals surface area contributed by atoms with Gasteiger partial charge in [0.05, 0.1) is 6.54 Å². The molecule has 0 saturated carbocycles. The molecule has 3 N–H and O–H groups in total. The SMILES string of the molecule is CN(C)c1nc(NN)nc(N(C)CC(F)F)n1. The van der Waals surface area contributed by atoms with Gasteiger partial charge in [-0.1, -0.05) is 0 Å². The highest BCUT2D eigenvalue weighted by Gasteiger charge is 2.14. The fourth-order valence-corrected chi connectivity index (χ4v) is 1.08. The third-order valence-corrected chi connectivity index (χ3v) is 1.89. The van der Waals surface area contributed by atoms with Gasteiger partial charge in [-0.05, 0) is 0 Å². The van der Waals surface area contributed by atoms with Gasteiger partial charge in [0, 0.05) is 21.1 Å². The molecule has 0 aliphatic rings. The number of hydrazine groups is 1. The second-order valence-electron chi connectivity index (χ2n) is 3.57. The Bertz CT molecular complexity index is 371. The van der Waals surface area contributed by atoms with Crippen LogP contribution in [0.2, 0.25) is 0 Å². The highest BCUT2D eigenvalue weighted by molar-refractivity contribution is 5.43. The van der Waals surface area contributed by atoms with Crippen molar-refractivity contribution >= 4 is 17.8 Å². The van der Waals surface area contributed by atoms with Crippen molar-refractivity contribution in [3.63, 3.8) is 0 Å². The van der Waals surface area contributed by atoms with E-state index >= 15 is 0 Å². The number of halogens is 2. The van der Waals surface area contributed by atoms with Crippen LogP contribution in [-0.4, -0.2) is 49.1 Å². The van der Waals surface area contributed by atoms with Crippen LogP contribution in [0.5, 0.6) is 0 Å². The standard InChI is InChI=1S/C8H15F2N7/c1-16(2)7-12-6(15-11)13-8(14-7)17(3)4-5(9)10/h5H,4,11H2,1-3H3,(H,12,13,14,15). The first-order valence-electron chi connectivity index (χ1n) is 4.83. The first-order chi connectivity index (χ1) is 7.93. The van der Waals surface area contributed by atoms with Crippen molar-refractivity contribution in [2.45, 2.75) is 6.43 Å². The van der Waals surface area contributed by atoms with Gasteiger partial charge in [0.2, 0.25) is 17.8 Å². The molecule has 0 unspecified atom stereocenters. The van der Waals surface area contributed by atoms with Crippen molar-refractivity contribution in [3.8, 4) is 0 Å². The molecular weight excluding hydrogens is 232 g/mol. The molecule has 1 rings (SSSR count). The average molecular weight is 247 g/mol. The summed E-state index contributed by atoms with van der Waals surface area (Å²) in [5.41, 5.74) is 2.27. The lowest BCUT2D eigenvalue weighted by atomic mass is 10.6. The summed E-state index contributed by atoms with van der Waals surface area (Å²) in [6.07, 6.45) is -2.46. The number of nitrogens with zero attached hydrogens (tertiary/aromatic N) is 5. The number of alkyl halides is 2. The van der Waals surface area contributed by atoms with Crippen molar-refractivity contribution < 1.29 is 8.78 Å². The molecule has 0 aromatic carbocycles. The van der Waals surface area contributed by atoms with Gasteiger partial charge in [-0.3, -0.25) is 5.43 Å². The summed E-state index contributed by atoms with van der Waals surface area (Å²) in [6, 6.07) is 0. The summed E-state index contributed by atoms with van der Waals surface area (Å²) in [4.78, 5) is 14.8. The Labute approximate surface area is 97.6 Å². The Morgan fingerprint density at radius 3 is 2.24 bits per heavy atom. The van der Waals surface area contributed by atoms with Crippen molar-refractivity contribution in [2.75, 3.05) is 42.9 Å². The number of nitrogens with one attached hydrogen (secondary N) is 1. The second-order valence-corrected chi connectivity index (χ2v) is 3.57. The molecule has 1 aromatic rings. The zero-order valence-corrected chi connectivity index (χ0v) is 9.85. The molecule has 0 saturated heterocycles. The molecule has 17 heavy (non-hydrogen) atoms. The van der Waals surface area contributed by atoms with Crippen LogP contribution in [0.4, 0.5) is 26.6 Å². The van der Waals surface area contributed by atoms with E-state index in [0.29, 0.717) is 5.95 Å². The number of nitrogen functional groups attached to an aromatic ring is 1. The highest BCUT2D eigenvalue weighted by Crippen LogP contribution is 2.14. The minimum atomic E-state index is -2.46. The summed E-state index contributed by atoms with van der Waals surface area (Å²) in [5, 5.41) is 0. The van der Waals surface area contributed by atoms with Crippen LogP contribution in [0.15, 0.2) is 0 Å². The average Bonchev–Trinajstić information content (AvgIpc) is 2.27. The Kier molecular flexibility index (Phi) is 4.32. The van der Waals surface area contributed by atoms with Crippen LogP contribution in [0.25, 0.3) is 0 Å². The van der Waals surface area contributed by atoms with Gasteiger partial charge in [0.1, 0.15) is 0 Å². The van der Waals surface area contributed by atoms with Crippen molar-refractivity contribution in [1.82, 2.24) is 15.0 Å². The predicted molar refractivity (Wildman–Crippen MR) is 61.2 cm³/mol. The highest BCUT2D eigenvalue weighted by atomic mass is 19.3. The molecule has 0 amide bonds. The van der Waals surface area contributed by atoms with Crippen LogP contribution < -0.4 is 21.1 Å². The van der Waals surface area contributed by atoms with E-state index in [1.165, 1.54) is 11.9 Å². The van der Waals surface area contributed by atoms with Crippen molar-refractivity contribution in [3.05, 3.63) is 0 Å². The van der Waals surface area contributed by atoms with Gasteiger partial charge in [0.25, 0.3) is 6.43 Å². The Hall–Kier alpha value is -1.77. The van der Waals surface area contributed by atoms with Gasteiger partial charge >= 0.3 is 0 Å². The van der Waals surface area contributed by atoms with Crippen LogP contribution in [0.3, 0.4) is 0 Å². The van der Waals surface area contributed by atoms with Gasteiger partial charge in [-0.25, -0.2) is 14.6 Å². The maximum atomic E-state index is 12.2. The summed E-state index contributed by atoms with van der Waals surface area (Å²) >= 11 is 0. The molecule has 0 aliphatic heterocycles. The molecule has 96 valence electrons. The molecule has 7 nitrogen and oxygen atoms in total. The van der Waals surface area contributed by atoms with E-state index in [1.54, 1.807) is 19.0 Å². The smallest absolute Gasteiger partial charge is 0.255 e. The van der Waals surface area contributed by atoms with Gasteiger partial charge in [-0.2, -0.15) is 15.0 Å². The van der Waals surface area contributed by atoms with Gasteiger partial charge in [0.15, 0.2) is 0 Å². The zero-order chi connectivity index (χ0) is 13.0. The zero-order valence-electron chi connectivity index (χ0n) is 9.85. The quantitative estimate of drug-likeness (QED) is 0.556. The van der Waals surface area contributed by atoms with E-state index < -0.39 is 13.0 Å². The maximum absolute atomic E-state index is 12.2. The van der Waals surface area contributed by atoms with Gasteiger partial charge < -0.3 is 9.80 Å². The van der Waals surface area contributed by atoms with E-state index in [9.17, 15) is 8.78 Å². The number of anilines is 3. The monoisotopic (exact) mass is 247 g/mol. The Morgan fingerprint density at radius 2 is 1.76 bits per heavy atom. The van der Waals surface area contributed by atoms with Crippen molar-refractivity contribution in [1.29, 1.82) is 0 Å². The Morgan fingerprint density at radius 1 is 1.18 bits per heavy atom. The molecule has 0 radical (unpaired) electrons. The largest absolute Gasteiger partial charge is 0.347 e. The van der Waals surface area contributed by atoms with E-state index in [0.717, 1.165) is 0 Å². The van der Waals surface area contributed by atoms with Gasteiger partial charge in [-0.15, -0.1) is 0 Å². The van der Waals surface area contributed by atoms with E-state index in [1.807, 2.05) is 0 Å². The predicted octanol–water partition coefficient (Wildman–Crippen LogP) is -0.0755. The molecule has 9 heteroatoms. The van der Waals surface area contributed by atoms with Crippen LogP contribution in [0.1, 0.15) is 0 Å². The molecule has 0 spiro atoms. The third kappa shape index (κ3) is 3.63. The van der Waals surface area contributed by atoms with Crippen molar-refractivity contribution in [2.24, 2.45) is 5.84 Å².